The van der Waals surface area contributed by atoms with E-state index in [0.717, 1.165) is 11.4 Å². The molecule has 0 atom stereocenters. The molecule has 0 bridgehead atoms. The van der Waals surface area contributed by atoms with Crippen molar-refractivity contribution < 1.29 is 9.53 Å². The van der Waals surface area contributed by atoms with Crippen LogP contribution >= 0.6 is 0 Å². The van der Waals surface area contributed by atoms with Crippen molar-refractivity contribution in [1.82, 2.24) is 0 Å². The molecule has 0 radical (unpaired) electrons. The van der Waals surface area contributed by atoms with E-state index in [4.69, 9.17) is 0 Å². The third-order valence-corrected chi connectivity index (χ3v) is 2.05. The van der Waals surface area contributed by atoms with E-state index in [-0.39, 0.29) is 5.97 Å². The SMILES string of the molecule is COC(=O)/C=C/Nc1ccc(N(C)C)cc1. The Hall–Kier alpha value is -1.97. The van der Waals surface area contributed by atoms with Crippen LogP contribution in [0.15, 0.2) is 36.5 Å². The maximum Gasteiger partial charge on any atom is 0.331 e. The number of ether oxygens (including phenoxy) is 1. The predicted molar refractivity (Wildman–Crippen MR) is 65.5 cm³/mol. The van der Waals surface area contributed by atoms with Crippen molar-refractivity contribution in [2.75, 3.05) is 31.4 Å². The number of hydrogen-bond acceptors (Lipinski definition) is 4. The molecule has 1 rings (SSSR count). The standard InChI is InChI=1S/C12H16N2O2/c1-14(2)11-6-4-10(5-7-11)13-9-8-12(15)16-3/h4-9,13H,1-3H3/b9-8+. The highest BCUT2D eigenvalue weighted by atomic mass is 16.5. The number of esters is 1. The maximum absolute atomic E-state index is 10.8. The summed E-state index contributed by atoms with van der Waals surface area (Å²) in [7, 11) is 5.32. The van der Waals surface area contributed by atoms with Crippen molar-refractivity contribution in [2.24, 2.45) is 0 Å². The van der Waals surface area contributed by atoms with Crippen LogP contribution in [0.2, 0.25) is 0 Å². The minimum absolute atomic E-state index is 0.377. The van der Waals surface area contributed by atoms with Crippen LogP contribution in [-0.4, -0.2) is 27.2 Å². The number of nitrogens with zero attached hydrogens (tertiary/aromatic N) is 1. The summed E-state index contributed by atoms with van der Waals surface area (Å²) >= 11 is 0. The van der Waals surface area contributed by atoms with Gasteiger partial charge in [0.2, 0.25) is 0 Å². The van der Waals surface area contributed by atoms with Crippen molar-refractivity contribution in [1.29, 1.82) is 0 Å². The molecule has 0 aliphatic heterocycles. The summed E-state index contributed by atoms with van der Waals surface area (Å²) in [4.78, 5) is 12.8. The zero-order valence-corrected chi connectivity index (χ0v) is 9.73. The normalized spacial score (nSPS) is 10.2. The van der Waals surface area contributed by atoms with Gasteiger partial charge in [0.15, 0.2) is 0 Å². The maximum atomic E-state index is 10.8. The number of methoxy groups -OCH3 is 1. The van der Waals surface area contributed by atoms with Gasteiger partial charge in [0.05, 0.1) is 7.11 Å². The molecule has 0 saturated heterocycles. The summed E-state index contributed by atoms with van der Waals surface area (Å²) in [5.74, 6) is -0.377. The molecule has 0 aromatic heterocycles. The highest BCUT2D eigenvalue weighted by molar-refractivity contribution is 5.82. The first kappa shape index (κ1) is 12.1. The molecular weight excluding hydrogens is 204 g/mol. The lowest BCUT2D eigenvalue weighted by Crippen LogP contribution is -2.08. The van der Waals surface area contributed by atoms with E-state index in [1.54, 1.807) is 6.20 Å². The first-order valence-electron chi connectivity index (χ1n) is 4.92. The molecule has 1 aromatic carbocycles. The number of carbonyl (C=O) groups is 1. The van der Waals surface area contributed by atoms with E-state index in [1.807, 2.05) is 43.3 Å². The van der Waals surface area contributed by atoms with E-state index in [9.17, 15) is 4.79 Å². The molecule has 0 heterocycles. The van der Waals surface area contributed by atoms with Crippen LogP contribution in [0, 0.1) is 0 Å². The monoisotopic (exact) mass is 220 g/mol. The van der Waals surface area contributed by atoms with Crippen molar-refractivity contribution in [3.05, 3.63) is 36.5 Å². The predicted octanol–water partition coefficient (Wildman–Crippen LogP) is 1.85. The molecule has 4 heteroatoms. The molecule has 0 fully saturated rings. The highest BCUT2D eigenvalue weighted by Gasteiger charge is 1.94. The second kappa shape index (κ2) is 5.80. The smallest absolute Gasteiger partial charge is 0.331 e. The third kappa shape index (κ3) is 3.65. The number of anilines is 2. The van der Waals surface area contributed by atoms with Crippen LogP contribution in [0.5, 0.6) is 0 Å². The molecule has 4 nitrogen and oxygen atoms in total. The summed E-state index contributed by atoms with van der Waals surface area (Å²) in [5, 5.41) is 2.98. The van der Waals surface area contributed by atoms with Crippen LogP contribution in [0.3, 0.4) is 0 Å². The van der Waals surface area contributed by atoms with Crippen LogP contribution in [-0.2, 0) is 9.53 Å². The van der Waals surface area contributed by atoms with Gasteiger partial charge >= 0.3 is 5.97 Å². The summed E-state index contributed by atoms with van der Waals surface area (Å²) in [6.45, 7) is 0. The molecule has 1 N–H and O–H groups in total. The molecule has 16 heavy (non-hydrogen) atoms. The van der Waals surface area contributed by atoms with Gasteiger partial charge in [0.25, 0.3) is 0 Å². The minimum Gasteiger partial charge on any atom is -0.466 e. The Kier molecular flexibility index (Phi) is 4.39. The fourth-order valence-electron chi connectivity index (χ4n) is 1.13. The van der Waals surface area contributed by atoms with Crippen LogP contribution in [0.4, 0.5) is 11.4 Å². The Labute approximate surface area is 95.5 Å². The Morgan fingerprint density at radius 1 is 1.31 bits per heavy atom. The number of carbonyl (C=O) groups excluding carboxylic acids is 1. The largest absolute Gasteiger partial charge is 0.466 e. The lowest BCUT2D eigenvalue weighted by Gasteiger charge is -2.12. The Bertz CT molecular complexity index is 369. The number of nitrogens with one attached hydrogen (secondary N) is 1. The van der Waals surface area contributed by atoms with Gasteiger partial charge in [0, 0.05) is 37.7 Å². The van der Waals surface area contributed by atoms with Crippen molar-refractivity contribution in [3.8, 4) is 0 Å². The summed E-state index contributed by atoms with van der Waals surface area (Å²) in [6, 6.07) is 7.87. The lowest BCUT2D eigenvalue weighted by atomic mass is 10.2. The van der Waals surface area contributed by atoms with E-state index in [0.29, 0.717) is 0 Å². The van der Waals surface area contributed by atoms with Gasteiger partial charge in [-0.15, -0.1) is 0 Å². The zero-order chi connectivity index (χ0) is 12.0. The van der Waals surface area contributed by atoms with Gasteiger partial charge < -0.3 is 15.0 Å². The molecule has 0 amide bonds. The Morgan fingerprint density at radius 3 is 2.44 bits per heavy atom. The molecule has 0 spiro atoms. The summed E-state index contributed by atoms with van der Waals surface area (Å²) in [5.41, 5.74) is 2.05. The van der Waals surface area contributed by atoms with Crippen LogP contribution < -0.4 is 10.2 Å². The van der Waals surface area contributed by atoms with Crippen molar-refractivity contribution in [2.45, 2.75) is 0 Å². The molecule has 0 aliphatic rings. The van der Waals surface area contributed by atoms with Crippen molar-refractivity contribution >= 4 is 17.3 Å². The average molecular weight is 220 g/mol. The number of hydrogen-bond donors (Lipinski definition) is 1. The summed E-state index contributed by atoms with van der Waals surface area (Å²) in [6.07, 6.45) is 2.89. The van der Waals surface area contributed by atoms with E-state index >= 15 is 0 Å². The second-order valence-corrected chi connectivity index (χ2v) is 3.44. The zero-order valence-electron chi connectivity index (χ0n) is 9.73. The Balaban J connectivity index is 2.56. The minimum atomic E-state index is -0.377. The lowest BCUT2D eigenvalue weighted by molar-refractivity contribution is -0.134. The first-order valence-corrected chi connectivity index (χ1v) is 4.92. The van der Waals surface area contributed by atoms with E-state index in [1.165, 1.54) is 13.2 Å². The quantitative estimate of drug-likeness (QED) is 0.621. The topological polar surface area (TPSA) is 41.6 Å². The average Bonchev–Trinajstić information content (AvgIpc) is 2.29. The highest BCUT2D eigenvalue weighted by Crippen LogP contribution is 2.15. The van der Waals surface area contributed by atoms with Gasteiger partial charge in [-0.2, -0.15) is 0 Å². The molecule has 1 aromatic rings. The van der Waals surface area contributed by atoms with E-state index < -0.39 is 0 Å². The Morgan fingerprint density at radius 2 is 1.94 bits per heavy atom. The van der Waals surface area contributed by atoms with Crippen LogP contribution in [0.1, 0.15) is 0 Å². The molecule has 0 saturated carbocycles. The molecule has 0 aliphatic carbocycles. The second-order valence-electron chi connectivity index (χ2n) is 3.44. The fraction of sp³-hybridized carbons (Fsp3) is 0.250. The van der Waals surface area contributed by atoms with Crippen molar-refractivity contribution in [3.63, 3.8) is 0 Å². The van der Waals surface area contributed by atoms with Gasteiger partial charge in [-0.05, 0) is 24.3 Å². The molecule has 0 unspecified atom stereocenters. The number of rotatable bonds is 4. The molecule has 86 valence electrons. The first-order chi connectivity index (χ1) is 7.63. The van der Waals surface area contributed by atoms with Crippen LogP contribution in [0.25, 0.3) is 0 Å². The molecular formula is C12H16N2O2. The number of benzene rings is 1. The van der Waals surface area contributed by atoms with Gasteiger partial charge in [0.1, 0.15) is 0 Å². The summed E-state index contributed by atoms with van der Waals surface area (Å²) < 4.78 is 4.47. The van der Waals surface area contributed by atoms with Gasteiger partial charge in [-0.3, -0.25) is 0 Å². The fourth-order valence-corrected chi connectivity index (χ4v) is 1.13. The van der Waals surface area contributed by atoms with E-state index in [2.05, 4.69) is 10.1 Å². The van der Waals surface area contributed by atoms with Gasteiger partial charge in [-0.1, -0.05) is 0 Å². The third-order valence-electron chi connectivity index (χ3n) is 2.05. The van der Waals surface area contributed by atoms with Gasteiger partial charge in [-0.25, -0.2) is 4.79 Å².